The average Bonchev–Trinajstić information content (AvgIpc) is 2.47. The van der Waals surface area contributed by atoms with E-state index < -0.39 is 0 Å². The van der Waals surface area contributed by atoms with Crippen molar-refractivity contribution < 1.29 is 4.79 Å². The molecule has 0 atom stereocenters. The van der Waals surface area contributed by atoms with E-state index in [-0.39, 0.29) is 5.82 Å². The molecule has 0 aliphatic rings. The third-order valence-electron chi connectivity index (χ3n) is 2.82. The first kappa shape index (κ1) is 10.6. The van der Waals surface area contributed by atoms with Crippen LogP contribution in [0.25, 0.3) is 22.0 Å². The molecule has 86 valence electrons. The Morgan fingerprint density at radius 1 is 0.944 bits per heavy atom. The molecule has 3 rings (SSSR count). The van der Waals surface area contributed by atoms with Gasteiger partial charge in [-0.3, -0.25) is 4.79 Å². The van der Waals surface area contributed by atoms with E-state index in [0.717, 1.165) is 16.6 Å². The highest BCUT2D eigenvalue weighted by Gasteiger charge is 2.02. The fraction of sp³-hybridized carbons (Fsp3) is 0. The number of fused-ring (bicyclic) bond motifs is 1. The molecule has 0 N–H and O–H groups in total. The second-order valence-corrected chi connectivity index (χ2v) is 3.98. The maximum absolute atomic E-state index is 10.7. The first-order valence-corrected chi connectivity index (χ1v) is 5.64. The van der Waals surface area contributed by atoms with Gasteiger partial charge in [0, 0.05) is 11.8 Å². The van der Waals surface area contributed by atoms with Gasteiger partial charge in [0.25, 0.3) is 0 Å². The van der Waals surface area contributed by atoms with Crippen molar-refractivity contribution in [3.8, 4) is 11.3 Å². The normalized spacial score (nSPS) is 10.4. The van der Waals surface area contributed by atoms with Crippen LogP contribution in [0, 0.1) is 0 Å². The number of carbonyl (C=O) groups is 1. The lowest BCUT2D eigenvalue weighted by Gasteiger charge is -2.03. The molecule has 0 saturated carbocycles. The molecule has 0 bridgehead atoms. The molecule has 1 heterocycles. The maximum atomic E-state index is 10.7. The molecule has 0 aliphatic heterocycles. The van der Waals surface area contributed by atoms with E-state index in [1.807, 2.05) is 24.3 Å². The monoisotopic (exact) mass is 234 g/mol. The van der Waals surface area contributed by atoms with E-state index in [2.05, 4.69) is 28.2 Å². The summed E-state index contributed by atoms with van der Waals surface area (Å²) in [5, 5.41) is 2.34. The molecule has 3 nitrogen and oxygen atoms in total. The van der Waals surface area contributed by atoms with Gasteiger partial charge in [0.15, 0.2) is 12.1 Å². The molecule has 1 aromatic heterocycles. The number of rotatable bonds is 2. The molecule has 18 heavy (non-hydrogen) atoms. The summed E-state index contributed by atoms with van der Waals surface area (Å²) < 4.78 is 0. The van der Waals surface area contributed by atoms with E-state index in [4.69, 9.17) is 0 Å². The summed E-state index contributed by atoms with van der Waals surface area (Å²) in [6.07, 6.45) is 2.26. The van der Waals surface area contributed by atoms with Crippen molar-refractivity contribution in [1.82, 2.24) is 9.97 Å². The van der Waals surface area contributed by atoms with Crippen LogP contribution < -0.4 is 0 Å². The van der Waals surface area contributed by atoms with E-state index >= 15 is 0 Å². The Kier molecular flexibility index (Phi) is 2.57. The number of nitrogens with zero attached hydrogens (tertiary/aromatic N) is 2. The Balaban J connectivity index is 2.15. The van der Waals surface area contributed by atoms with Gasteiger partial charge in [0.05, 0.1) is 5.69 Å². The molecule has 0 saturated heterocycles. The van der Waals surface area contributed by atoms with Gasteiger partial charge in [-0.2, -0.15) is 0 Å². The zero-order chi connectivity index (χ0) is 12.4. The highest BCUT2D eigenvalue weighted by atomic mass is 16.1. The van der Waals surface area contributed by atoms with Gasteiger partial charge in [-0.1, -0.05) is 36.4 Å². The van der Waals surface area contributed by atoms with Crippen LogP contribution >= 0.6 is 0 Å². The molecule has 2 aromatic carbocycles. The Hall–Kier alpha value is -2.55. The van der Waals surface area contributed by atoms with Gasteiger partial charge in [0.2, 0.25) is 0 Å². The van der Waals surface area contributed by atoms with E-state index in [0.29, 0.717) is 6.29 Å². The summed E-state index contributed by atoms with van der Waals surface area (Å²) in [6, 6.07) is 16.0. The molecule has 0 spiro atoms. The molecular formula is C15H10N2O. The van der Waals surface area contributed by atoms with Crippen LogP contribution in [0.4, 0.5) is 0 Å². The zero-order valence-corrected chi connectivity index (χ0v) is 9.58. The van der Waals surface area contributed by atoms with Crippen LogP contribution in [0.3, 0.4) is 0 Å². The standard InChI is InChI=1S/C15H10N2O/c18-10-15-16-8-7-14(17-15)13-6-5-11-3-1-2-4-12(11)9-13/h1-10H. The molecule has 0 aliphatic carbocycles. The van der Waals surface area contributed by atoms with Crippen LogP contribution in [0.15, 0.2) is 54.7 Å². The average molecular weight is 234 g/mol. The van der Waals surface area contributed by atoms with Crippen molar-refractivity contribution in [3.05, 3.63) is 60.6 Å². The number of carbonyl (C=O) groups excluding carboxylic acids is 1. The highest BCUT2D eigenvalue weighted by molar-refractivity contribution is 5.86. The molecule has 3 aromatic rings. The van der Waals surface area contributed by atoms with E-state index in [1.54, 1.807) is 12.3 Å². The maximum Gasteiger partial charge on any atom is 0.193 e. The quantitative estimate of drug-likeness (QED) is 0.640. The lowest BCUT2D eigenvalue weighted by molar-refractivity contribution is 0.111. The largest absolute Gasteiger partial charge is 0.294 e. The Labute approximate surface area is 104 Å². The van der Waals surface area contributed by atoms with Gasteiger partial charge >= 0.3 is 0 Å². The van der Waals surface area contributed by atoms with Gasteiger partial charge < -0.3 is 0 Å². The third-order valence-corrected chi connectivity index (χ3v) is 2.82. The second kappa shape index (κ2) is 4.37. The number of hydrogen-bond donors (Lipinski definition) is 0. The minimum absolute atomic E-state index is 0.209. The number of aldehydes is 1. The first-order valence-electron chi connectivity index (χ1n) is 5.64. The lowest BCUT2D eigenvalue weighted by Crippen LogP contribution is -1.93. The molecule has 0 amide bonds. The SMILES string of the molecule is O=Cc1nccc(-c2ccc3ccccc3c2)n1. The summed E-state index contributed by atoms with van der Waals surface area (Å²) in [6.45, 7) is 0. The van der Waals surface area contributed by atoms with Gasteiger partial charge in [0.1, 0.15) is 0 Å². The van der Waals surface area contributed by atoms with Crippen LogP contribution in [-0.2, 0) is 0 Å². The summed E-state index contributed by atoms with van der Waals surface area (Å²) in [5.41, 5.74) is 1.75. The number of hydrogen-bond acceptors (Lipinski definition) is 3. The minimum atomic E-state index is 0.209. The first-order chi connectivity index (χ1) is 8.86. The molecule has 0 radical (unpaired) electrons. The van der Waals surface area contributed by atoms with Crippen molar-refractivity contribution in [3.63, 3.8) is 0 Å². The van der Waals surface area contributed by atoms with E-state index in [1.165, 1.54) is 5.39 Å². The van der Waals surface area contributed by atoms with Crippen molar-refractivity contribution in [2.75, 3.05) is 0 Å². The van der Waals surface area contributed by atoms with Crippen LogP contribution in [0.1, 0.15) is 10.6 Å². The van der Waals surface area contributed by atoms with Crippen LogP contribution in [0.5, 0.6) is 0 Å². The fourth-order valence-electron chi connectivity index (χ4n) is 1.94. The summed E-state index contributed by atoms with van der Waals surface area (Å²) in [5.74, 6) is 0.209. The third kappa shape index (κ3) is 1.86. The van der Waals surface area contributed by atoms with Crippen molar-refractivity contribution in [2.45, 2.75) is 0 Å². The highest BCUT2D eigenvalue weighted by Crippen LogP contribution is 2.22. The Morgan fingerprint density at radius 2 is 1.78 bits per heavy atom. The fourth-order valence-corrected chi connectivity index (χ4v) is 1.94. The van der Waals surface area contributed by atoms with Crippen LogP contribution in [0.2, 0.25) is 0 Å². The number of benzene rings is 2. The van der Waals surface area contributed by atoms with Gasteiger partial charge in [-0.05, 0) is 22.9 Å². The van der Waals surface area contributed by atoms with Crippen molar-refractivity contribution >= 4 is 17.1 Å². The predicted octanol–water partition coefficient (Wildman–Crippen LogP) is 3.11. The molecule has 0 unspecified atom stereocenters. The van der Waals surface area contributed by atoms with Crippen LogP contribution in [-0.4, -0.2) is 16.3 Å². The zero-order valence-electron chi connectivity index (χ0n) is 9.58. The second-order valence-electron chi connectivity index (χ2n) is 3.98. The van der Waals surface area contributed by atoms with Gasteiger partial charge in [-0.25, -0.2) is 9.97 Å². The predicted molar refractivity (Wildman–Crippen MR) is 70.4 cm³/mol. The molecular weight excluding hydrogens is 224 g/mol. The summed E-state index contributed by atoms with van der Waals surface area (Å²) in [7, 11) is 0. The van der Waals surface area contributed by atoms with E-state index in [9.17, 15) is 4.79 Å². The topological polar surface area (TPSA) is 42.9 Å². The smallest absolute Gasteiger partial charge is 0.193 e. The van der Waals surface area contributed by atoms with Crippen molar-refractivity contribution in [1.29, 1.82) is 0 Å². The Bertz CT molecular complexity index is 722. The number of aromatic nitrogens is 2. The summed E-state index contributed by atoms with van der Waals surface area (Å²) in [4.78, 5) is 18.7. The minimum Gasteiger partial charge on any atom is -0.294 e. The molecule has 3 heteroatoms. The molecule has 0 fully saturated rings. The van der Waals surface area contributed by atoms with Crippen molar-refractivity contribution in [2.24, 2.45) is 0 Å². The lowest BCUT2D eigenvalue weighted by atomic mass is 10.1. The summed E-state index contributed by atoms with van der Waals surface area (Å²) >= 11 is 0. The Morgan fingerprint density at radius 3 is 2.61 bits per heavy atom. The van der Waals surface area contributed by atoms with Gasteiger partial charge in [-0.15, -0.1) is 0 Å².